The van der Waals surface area contributed by atoms with Crippen LogP contribution in [0.1, 0.15) is 16.7 Å². The van der Waals surface area contributed by atoms with Crippen LogP contribution < -0.4 is 5.43 Å². The smallest absolute Gasteiger partial charge is 0.154 e. The summed E-state index contributed by atoms with van der Waals surface area (Å²) in [5.74, 6) is 0.315. The van der Waals surface area contributed by atoms with Crippen LogP contribution in [-0.4, -0.2) is 11.5 Å². The fraction of sp³-hybridized carbons (Fsp3) is 0. The summed E-state index contributed by atoms with van der Waals surface area (Å²) in [6.07, 6.45) is 0. The van der Waals surface area contributed by atoms with Crippen LogP contribution in [0.15, 0.2) is 89.0 Å². The molecule has 1 aliphatic rings. The van der Waals surface area contributed by atoms with Crippen molar-refractivity contribution < 1.29 is 4.39 Å². The molecule has 0 aliphatic carbocycles. The van der Waals surface area contributed by atoms with Crippen molar-refractivity contribution in [3.05, 3.63) is 101 Å². The van der Waals surface area contributed by atoms with E-state index in [0.717, 1.165) is 28.1 Å². The lowest BCUT2D eigenvalue weighted by molar-refractivity contribution is 0.627. The van der Waals surface area contributed by atoms with Crippen LogP contribution in [0, 0.1) is 5.82 Å². The first-order chi connectivity index (χ1) is 11.8. The molecule has 0 fully saturated rings. The van der Waals surface area contributed by atoms with Crippen molar-refractivity contribution in [2.24, 2.45) is 10.1 Å². The van der Waals surface area contributed by atoms with Gasteiger partial charge in [-0.1, -0.05) is 48.5 Å². The molecule has 3 nitrogen and oxygen atoms in total. The summed E-state index contributed by atoms with van der Waals surface area (Å²) in [6, 6.07) is 24.0. The number of hydrogen-bond donors (Lipinski definition) is 1. The topological polar surface area (TPSA) is 36.8 Å². The van der Waals surface area contributed by atoms with Gasteiger partial charge in [0.05, 0.1) is 11.4 Å². The summed E-state index contributed by atoms with van der Waals surface area (Å²) in [7, 11) is 0. The first-order valence-electron chi connectivity index (χ1n) is 7.64. The van der Waals surface area contributed by atoms with Crippen molar-refractivity contribution in [3.8, 4) is 0 Å². The molecule has 0 radical (unpaired) electrons. The number of nitrogens with zero attached hydrogens (tertiary/aromatic N) is 2. The lowest BCUT2D eigenvalue weighted by Gasteiger charge is -2.07. The number of benzene rings is 3. The van der Waals surface area contributed by atoms with Gasteiger partial charge in [0.2, 0.25) is 0 Å². The summed E-state index contributed by atoms with van der Waals surface area (Å²) in [5, 5.41) is 4.56. The number of fused-ring (bicyclic) bond motifs is 1. The molecule has 4 rings (SSSR count). The second-order valence-corrected chi connectivity index (χ2v) is 5.42. The highest BCUT2D eigenvalue weighted by Crippen LogP contribution is 2.25. The molecule has 3 aromatic carbocycles. The first kappa shape index (κ1) is 14.3. The third-order valence-electron chi connectivity index (χ3n) is 3.83. The number of aliphatic imine (C=N–C) groups is 1. The third kappa shape index (κ3) is 2.70. The molecule has 0 amide bonds. The fourth-order valence-corrected chi connectivity index (χ4v) is 2.64. The molecule has 24 heavy (non-hydrogen) atoms. The van der Waals surface area contributed by atoms with Crippen LogP contribution >= 0.6 is 0 Å². The lowest BCUT2D eigenvalue weighted by Crippen LogP contribution is -2.19. The molecule has 0 spiro atoms. The first-order valence-corrected chi connectivity index (χ1v) is 7.64. The van der Waals surface area contributed by atoms with Crippen molar-refractivity contribution in [3.63, 3.8) is 0 Å². The number of rotatable bonds is 2. The molecule has 1 heterocycles. The van der Waals surface area contributed by atoms with Gasteiger partial charge in [0, 0.05) is 16.7 Å². The summed E-state index contributed by atoms with van der Waals surface area (Å²) in [5.41, 5.74) is 7.42. The average molecular weight is 315 g/mol. The van der Waals surface area contributed by atoms with E-state index >= 15 is 0 Å². The highest BCUT2D eigenvalue weighted by atomic mass is 19.1. The van der Waals surface area contributed by atoms with Crippen molar-refractivity contribution in [1.82, 2.24) is 5.43 Å². The SMILES string of the molecule is Fc1ccc(C2=Nc3ccccc3C(c3ccccc3)=NN2)cc1. The van der Waals surface area contributed by atoms with E-state index in [-0.39, 0.29) is 5.82 Å². The van der Waals surface area contributed by atoms with Gasteiger partial charge in [0.25, 0.3) is 0 Å². The Morgan fingerprint density at radius 1 is 0.708 bits per heavy atom. The van der Waals surface area contributed by atoms with Crippen molar-refractivity contribution in [2.45, 2.75) is 0 Å². The molecule has 0 saturated carbocycles. The monoisotopic (exact) mass is 315 g/mol. The number of nitrogens with one attached hydrogen (secondary N) is 1. The van der Waals surface area contributed by atoms with Crippen LogP contribution in [-0.2, 0) is 0 Å². The zero-order chi connectivity index (χ0) is 16.4. The van der Waals surface area contributed by atoms with Crippen LogP contribution in [0.4, 0.5) is 10.1 Å². The average Bonchev–Trinajstić information content (AvgIpc) is 2.83. The standard InChI is InChI=1S/C20H14FN3/c21-16-12-10-15(11-13-16)20-22-18-9-5-4-8-17(18)19(23-24-20)14-6-2-1-3-7-14/h1-13H,(H,22,24). The molecule has 116 valence electrons. The van der Waals surface area contributed by atoms with Gasteiger partial charge in [-0.3, -0.25) is 5.43 Å². The maximum Gasteiger partial charge on any atom is 0.154 e. The van der Waals surface area contributed by atoms with E-state index in [0.29, 0.717) is 5.84 Å². The van der Waals surface area contributed by atoms with E-state index < -0.39 is 0 Å². The minimum absolute atomic E-state index is 0.276. The van der Waals surface area contributed by atoms with E-state index in [1.807, 2.05) is 54.6 Å². The summed E-state index contributed by atoms with van der Waals surface area (Å²) < 4.78 is 13.2. The van der Waals surface area contributed by atoms with E-state index in [2.05, 4.69) is 15.5 Å². The largest absolute Gasteiger partial charge is 0.260 e. The van der Waals surface area contributed by atoms with Crippen LogP contribution in [0.5, 0.6) is 0 Å². The Morgan fingerprint density at radius 3 is 2.21 bits per heavy atom. The highest BCUT2D eigenvalue weighted by molar-refractivity contribution is 6.17. The van der Waals surface area contributed by atoms with Gasteiger partial charge in [0.15, 0.2) is 5.84 Å². The quantitative estimate of drug-likeness (QED) is 0.754. The Hall–Kier alpha value is -3.27. The Bertz CT molecular complexity index is 929. The second-order valence-electron chi connectivity index (χ2n) is 5.42. The van der Waals surface area contributed by atoms with Crippen LogP contribution in [0.25, 0.3) is 0 Å². The molecule has 0 atom stereocenters. The normalized spacial score (nSPS) is 13.2. The Kier molecular flexibility index (Phi) is 3.63. The molecule has 1 N–H and O–H groups in total. The van der Waals surface area contributed by atoms with E-state index in [1.165, 1.54) is 12.1 Å². The van der Waals surface area contributed by atoms with Gasteiger partial charge in [-0.25, -0.2) is 9.38 Å². The minimum atomic E-state index is -0.276. The second kappa shape index (κ2) is 6.08. The molecule has 0 unspecified atom stereocenters. The van der Waals surface area contributed by atoms with Gasteiger partial charge >= 0.3 is 0 Å². The van der Waals surface area contributed by atoms with Crippen molar-refractivity contribution in [1.29, 1.82) is 0 Å². The highest BCUT2D eigenvalue weighted by Gasteiger charge is 2.16. The van der Waals surface area contributed by atoms with Gasteiger partial charge in [-0.2, -0.15) is 5.10 Å². The molecule has 3 aromatic rings. The number of amidine groups is 1. The number of para-hydroxylation sites is 1. The van der Waals surface area contributed by atoms with E-state index in [4.69, 9.17) is 0 Å². The molecular weight excluding hydrogens is 301 g/mol. The molecule has 0 bridgehead atoms. The van der Waals surface area contributed by atoms with E-state index in [9.17, 15) is 4.39 Å². The van der Waals surface area contributed by atoms with Crippen LogP contribution in [0.3, 0.4) is 0 Å². The summed E-state index contributed by atoms with van der Waals surface area (Å²) in [4.78, 5) is 4.68. The molecule has 0 saturated heterocycles. The Labute approximate surface area is 139 Å². The van der Waals surface area contributed by atoms with Gasteiger partial charge in [-0.15, -0.1) is 0 Å². The predicted molar refractivity (Wildman–Crippen MR) is 94.3 cm³/mol. The molecular formula is C20H14FN3. The number of halogens is 1. The fourth-order valence-electron chi connectivity index (χ4n) is 2.64. The molecule has 0 aromatic heterocycles. The maximum absolute atomic E-state index is 13.2. The summed E-state index contributed by atoms with van der Waals surface area (Å²) >= 11 is 0. The number of hydrazone groups is 1. The van der Waals surface area contributed by atoms with Crippen molar-refractivity contribution in [2.75, 3.05) is 0 Å². The minimum Gasteiger partial charge on any atom is -0.260 e. The third-order valence-corrected chi connectivity index (χ3v) is 3.83. The van der Waals surface area contributed by atoms with Crippen molar-refractivity contribution >= 4 is 17.2 Å². The van der Waals surface area contributed by atoms with Gasteiger partial charge in [0.1, 0.15) is 5.82 Å². The van der Waals surface area contributed by atoms with Crippen LogP contribution in [0.2, 0.25) is 0 Å². The Balaban J connectivity index is 1.84. The number of hydrogen-bond acceptors (Lipinski definition) is 3. The zero-order valence-corrected chi connectivity index (χ0v) is 12.8. The van der Waals surface area contributed by atoms with Gasteiger partial charge in [-0.05, 0) is 30.3 Å². The van der Waals surface area contributed by atoms with E-state index in [1.54, 1.807) is 12.1 Å². The molecule has 1 aliphatic heterocycles. The predicted octanol–water partition coefficient (Wildman–Crippen LogP) is 4.26. The lowest BCUT2D eigenvalue weighted by atomic mass is 10.0. The molecule has 4 heteroatoms. The maximum atomic E-state index is 13.2. The Morgan fingerprint density at radius 2 is 1.42 bits per heavy atom. The zero-order valence-electron chi connectivity index (χ0n) is 12.8. The summed E-state index contributed by atoms with van der Waals surface area (Å²) in [6.45, 7) is 0. The van der Waals surface area contributed by atoms with Gasteiger partial charge < -0.3 is 0 Å².